The van der Waals surface area contributed by atoms with Crippen LogP contribution in [0.4, 0.5) is 0 Å². The lowest BCUT2D eigenvalue weighted by molar-refractivity contribution is -0.126. The van der Waals surface area contributed by atoms with Gasteiger partial charge in [-0.1, -0.05) is 71.9 Å². The summed E-state index contributed by atoms with van der Waals surface area (Å²) in [5.74, 6) is -0.614. The number of carbonyl (C=O) groups is 2. The van der Waals surface area contributed by atoms with Crippen molar-refractivity contribution in [2.75, 3.05) is 13.7 Å². The monoisotopic (exact) mass is 496 g/mol. The Labute approximate surface area is 215 Å². The molecule has 2 aromatic carbocycles. The lowest BCUT2D eigenvalue weighted by atomic mass is 9.98. The molecule has 2 aromatic heterocycles. The number of pyridine rings is 1. The molecule has 188 valence electrons. The van der Waals surface area contributed by atoms with Crippen LogP contribution >= 0.6 is 0 Å². The summed E-state index contributed by atoms with van der Waals surface area (Å²) in [6.07, 6.45) is 5.64. The molecule has 9 nitrogen and oxygen atoms in total. The predicted molar refractivity (Wildman–Crippen MR) is 136 cm³/mol. The highest BCUT2D eigenvalue weighted by atomic mass is 16.5. The molecule has 1 amide bonds. The van der Waals surface area contributed by atoms with Gasteiger partial charge in [0.25, 0.3) is 0 Å². The van der Waals surface area contributed by atoms with Gasteiger partial charge in [0.05, 0.1) is 31.4 Å². The molecule has 0 saturated carbocycles. The van der Waals surface area contributed by atoms with Gasteiger partial charge in [0.1, 0.15) is 0 Å². The molecule has 2 unspecified atom stereocenters. The van der Waals surface area contributed by atoms with Crippen LogP contribution in [0.3, 0.4) is 0 Å². The van der Waals surface area contributed by atoms with Crippen molar-refractivity contribution in [2.45, 2.75) is 31.1 Å². The molecule has 0 spiro atoms. The van der Waals surface area contributed by atoms with Crippen molar-refractivity contribution in [3.8, 4) is 0 Å². The number of amides is 1. The molecule has 1 saturated heterocycles. The molecule has 37 heavy (non-hydrogen) atoms. The minimum Gasteiger partial charge on any atom is -0.464 e. The molecule has 4 aromatic rings. The van der Waals surface area contributed by atoms with Crippen molar-refractivity contribution in [1.29, 1.82) is 0 Å². The number of nitrogens with zero attached hydrogens (tertiary/aromatic N) is 5. The zero-order valence-corrected chi connectivity index (χ0v) is 20.5. The number of aromatic nitrogens is 4. The fourth-order valence-corrected chi connectivity index (χ4v) is 4.79. The maximum Gasteiger partial charge on any atom is 0.360 e. The summed E-state index contributed by atoms with van der Waals surface area (Å²) >= 11 is 0. The van der Waals surface area contributed by atoms with E-state index >= 15 is 0 Å². The number of hydrogen-bond acceptors (Lipinski definition) is 7. The first-order chi connectivity index (χ1) is 18.1. The van der Waals surface area contributed by atoms with Crippen LogP contribution in [0.15, 0.2) is 91.4 Å². The molecule has 2 atom stereocenters. The first-order valence-corrected chi connectivity index (χ1v) is 12.2. The minimum atomic E-state index is -0.542. The van der Waals surface area contributed by atoms with Crippen LogP contribution in [0.5, 0.6) is 0 Å². The van der Waals surface area contributed by atoms with E-state index in [4.69, 9.17) is 4.74 Å². The summed E-state index contributed by atoms with van der Waals surface area (Å²) in [7, 11) is 1.31. The van der Waals surface area contributed by atoms with Crippen molar-refractivity contribution in [2.24, 2.45) is 0 Å². The second kappa shape index (κ2) is 11.1. The van der Waals surface area contributed by atoms with Crippen LogP contribution in [0, 0.1) is 0 Å². The molecule has 0 radical (unpaired) electrons. The fraction of sp³-hybridized carbons (Fsp3) is 0.250. The predicted octanol–water partition coefficient (Wildman–Crippen LogP) is 3.18. The lowest BCUT2D eigenvalue weighted by Gasteiger charge is -2.27. The van der Waals surface area contributed by atoms with E-state index in [1.54, 1.807) is 17.1 Å². The van der Waals surface area contributed by atoms with E-state index in [2.05, 4.69) is 25.5 Å². The maximum atomic E-state index is 13.9. The van der Waals surface area contributed by atoms with Crippen LogP contribution in [0.1, 0.15) is 45.7 Å². The molecule has 1 N–H and O–H groups in total. The van der Waals surface area contributed by atoms with Gasteiger partial charge in [-0.25, -0.2) is 9.48 Å². The largest absolute Gasteiger partial charge is 0.464 e. The van der Waals surface area contributed by atoms with Gasteiger partial charge >= 0.3 is 5.97 Å². The standard InChI is InChI=1S/C28H28N6O3/c1-37-28(36)24-19-34(32-31-24)23-15-25(33(18-23)17-20-9-8-14-29-16-20)27(35)30-26(21-10-4-2-5-11-21)22-12-6-3-7-13-22/h2-14,16,19,23,25-26H,15,17-18H2,1H3,(H,30,35). The Kier molecular flexibility index (Phi) is 7.32. The van der Waals surface area contributed by atoms with E-state index in [0.717, 1.165) is 16.7 Å². The topological polar surface area (TPSA) is 102 Å². The van der Waals surface area contributed by atoms with Gasteiger partial charge in [-0.05, 0) is 29.2 Å². The van der Waals surface area contributed by atoms with Crippen molar-refractivity contribution in [3.05, 3.63) is 114 Å². The van der Waals surface area contributed by atoms with Gasteiger partial charge < -0.3 is 10.1 Å². The molecule has 1 aliphatic heterocycles. The van der Waals surface area contributed by atoms with E-state index in [9.17, 15) is 9.59 Å². The Hall–Kier alpha value is -4.37. The summed E-state index contributed by atoms with van der Waals surface area (Å²) in [4.78, 5) is 32.1. The average Bonchev–Trinajstić information content (AvgIpc) is 3.61. The van der Waals surface area contributed by atoms with Crippen LogP contribution in [0.2, 0.25) is 0 Å². The van der Waals surface area contributed by atoms with Gasteiger partial charge in [0.2, 0.25) is 5.91 Å². The number of ether oxygens (including phenoxy) is 1. The number of carbonyl (C=O) groups excluding carboxylic acids is 2. The summed E-state index contributed by atoms with van der Waals surface area (Å²) in [6, 6.07) is 23.0. The van der Waals surface area contributed by atoms with Gasteiger partial charge in [-0.15, -0.1) is 5.10 Å². The van der Waals surface area contributed by atoms with Crippen molar-refractivity contribution < 1.29 is 14.3 Å². The number of esters is 1. The van der Waals surface area contributed by atoms with Gasteiger partial charge in [-0.3, -0.25) is 14.7 Å². The van der Waals surface area contributed by atoms with E-state index < -0.39 is 12.0 Å². The Balaban J connectivity index is 1.41. The molecular formula is C28H28N6O3. The van der Waals surface area contributed by atoms with Crippen molar-refractivity contribution in [1.82, 2.24) is 30.2 Å². The minimum absolute atomic E-state index is 0.0718. The molecule has 5 rings (SSSR count). The average molecular weight is 497 g/mol. The fourth-order valence-electron chi connectivity index (χ4n) is 4.79. The van der Waals surface area contributed by atoms with E-state index in [1.807, 2.05) is 79.0 Å². The van der Waals surface area contributed by atoms with Crippen LogP contribution < -0.4 is 5.32 Å². The van der Waals surface area contributed by atoms with E-state index in [-0.39, 0.29) is 23.7 Å². The highest BCUT2D eigenvalue weighted by Crippen LogP contribution is 2.30. The lowest BCUT2D eigenvalue weighted by Crippen LogP contribution is -2.44. The first kappa shape index (κ1) is 24.3. The van der Waals surface area contributed by atoms with Crippen LogP contribution in [0.25, 0.3) is 0 Å². The molecule has 9 heteroatoms. The number of hydrogen-bond donors (Lipinski definition) is 1. The molecule has 1 aliphatic rings. The third-order valence-corrected chi connectivity index (χ3v) is 6.62. The zero-order chi connectivity index (χ0) is 25.6. The summed E-state index contributed by atoms with van der Waals surface area (Å²) in [5.41, 5.74) is 3.17. The Morgan fingerprint density at radius 1 is 1.03 bits per heavy atom. The number of nitrogens with one attached hydrogen (secondary N) is 1. The van der Waals surface area contributed by atoms with Crippen LogP contribution in [-0.2, 0) is 16.1 Å². The van der Waals surface area contributed by atoms with E-state index in [1.165, 1.54) is 7.11 Å². The van der Waals surface area contributed by atoms with Crippen molar-refractivity contribution >= 4 is 11.9 Å². The number of methoxy groups -OCH3 is 1. The number of rotatable bonds is 8. The number of likely N-dealkylation sites (tertiary alicyclic amines) is 1. The van der Waals surface area contributed by atoms with Crippen LogP contribution in [-0.4, -0.2) is 56.5 Å². The molecule has 3 heterocycles. The first-order valence-electron chi connectivity index (χ1n) is 12.2. The SMILES string of the molecule is COC(=O)c1cn(C2CC(C(=O)NC(c3ccccc3)c3ccccc3)N(Cc3cccnc3)C2)nn1. The summed E-state index contributed by atoms with van der Waals surface area (Å²) in [6.45, 7) is 1.13. The third kappa shape index (κ3) is 5.57. The van der Waals surface area contributed by atoms with Gasteiger partial charge in [-0.2, -0.15) is 0 Å². The highest BCUT2D eigenvalue weighted by Gasteiger charge is 2.39. The smallest absolute Gasteiger partial charge is 0.360 e. The quantitative estimate of drug-likeness (QED) is 0.374. The summed E-state index contributed by atoms with van der Waals surface area (Å²) < 4.78 is 6.42. The number of benzene rings is 2. The highest BCUT2D eigenvalue weighted by molar-refractivity contribution is 5.86. The molecule has 0 aliphatic carbocycles. The Morgan fingerprint density at radius 3 is 2.35 bits per heavy atom. The Morgan fingerprint density at radius 2 is 1.73 bits per heavy atom. The zero-order valence-electron chi connectivity index (χ0n) is 20.5. The summed E-state index contributed by atoms with van der Waals surface area (Å²) in [5, 5.41) is 11.4. The molecule has 0 bridgehead atoms. The second-order valence-corrected chi connectivity index (χ2v) is 9.03. The van der Waals surface area contributed by atoms with E-state index in [0.29, 0.717) is 19.5 Å². The maximum absolute atomic E-state index is 13.9. The third-order valence-electron chi connectivity index (χ3n) is 6.62. The molecular weight excluding hydrogens is 468 g/mol. The Bertz CT molecular complexity index is 1290. The normalized spacial score (nSPS) is 17.6. The van der Waals surface area contributed by atoms with Gasteiger partial charge in [0.15, 0.2) is 5.69 Å². The van der Waals surface area contributed by atoms with Crippen molar-refractivity contribution in [3.63, 3.8) is 0 Å². The molecule has 1 fully saturated rings. The second-order valence-electron chi connectivity index (χ2n) is 9.03. The van der Waals surface area contributed by atoms with Gasteiger partial charge in [0, 0.05) is 25.5 Å².